The maximum absolute atomic E-state index is 12.7. The molecule has 126 valence electrons. The van der Waals surface area contributed by atoms with Crippen LogP contribution in [-0.4, -0.2) is 57.3 Å². The fraction of sp³-hybridized carbons (Fsp3) is 0.706. The van der Waals surface area contributed by atoms with Crippen LogP contribution in [0.2, 0.25) is 0 Å². The summed E-state index contributed by atoms with van der Waals surface area (Å²) in [6.07, 6.45) is 7.41. The fourth-order valence-corrected chi connectivity index (χ4v) is 3.83. The highest BCUT2D eigenvalue weighted by Crippen LogP contribution is 2.28. The maximum Gasteiger partial charge on any atom is 0.225 e. The minimum absolute atomic E-state index is 0.0929. The van der Waals surface area contributed by atoms with Crippen molar-refractivity contribution in [2.45, 2.75) is 38.5 Å². The van der Waals surface area contributed by atoms with Crippen LogP contribution < -0.4 is 0 Å². The summed E-state index contributed by atoms with van der Waals surface area (Å²) in [6, 6.07) is 0. The number of piperidine rings is 2. The van der Waals surface area contributed by atoms with Gasteiger partial charge in [0.15, 0.2) is 0 Å². The first kappa shape index (κ1) is 16.0. The molecule has 1 aromatic heterocycles. The highest BCUT2D eigenvalue weighted by atomic mass is 16.2. The predicted molar refractivity (Wildman–Crippen MR) is 86.7 cm³/mol. The average molecular weight is 318 g/mol. The molecule has 2 aliphatic heterocycles. The van der Waals surface area contributed by atoms with Crippen molar-refractivity contribution in [3.63, 3.8) is 0 Å². The molecule has 0 bridgehead atoms. The van der Waals surface area contributed by atoms with E-state index < -0.39 is 0 Å². The average Bonchev–Trinajstić information content (AvgIpc) is 3.00. The lowest BCUT2D eigenvalue weighted by atomic mass is 9.91. The highest BCUT2D eigenvalue weighted by Gasteiger charge is 2.32. The third kappa shape index (κ3) is 3.41. The number of carbonyl (C=O) groups is 2. The lowest BCUT2D eigenvalue weighted by molar-refractivity contribution is -0.140. The van der Waals surface area contributed by atoms with Crippen LogP contribution >= 0.6 is 0 Å². The number of aromatic nitrogens is 2. The van der Waals surface area contributed by atoms with Gasteiger partial charge in [0.2, 0.25) is 11.8 Å². The second-order valence-corrected chi connectivity index (χ2v) is 6.78. The molecule has 0 N–H and O–H groups in total. The molecule has 23 heavy (non-hydrogen) atoms. The zero-order valence-electron chi connectivity index (χ0n) is 14.1. The van der Waals surface area contributed by atoms with E-state index in [1.807, 2.05) is 29.2 Å². The van der Waals surface area contributed by atoms with Crippen LogP contribution in [0.25, 0.3) is 0 Å². The van der Waals surface area contributed by atoms with E-state index in [-0.39, 0.29) is 17.7 Å². The topological polar surface area (TPSA) is 58.4 Å². The van der Waals surface area contributed by atoms with Gasteiger partial charge in [0.25, 0.3) is 0 Å². The highest BCUT2D eigenvalue weighted by molar-refractivity contribution is 5.79. The van der Waals surface area contributed by atoms with Gasteiger partial charge < -0.3 is 14.4 Å². The van der Waals surface area contributed by atoms with Crippen LogP contribution in [0, 0.1) is 5.92 Å². The minimum Gasteiger partial charge on any atom is -0.343 e. The quantitative estimate of drug-likeness (QED) is 0.828. The number of rotatable bonds is 2. The molecule has 0 saturated carbocycles. The maximum atomic E-state index is 12.7. The van der Waals surface area contributed by atoms with Crippen molar-refractivity contribution in [1.29, 1.82) is 0 Å². The number of amides is 2. The van der Waals surface area contributed by atoms with Gasteiger partial charge >= 0.3 is 0 Å². The number of likely N-dealkylation sites (tertiary alicyclic amines) is 2. The molecule has 6 heteroatoms. The normalized spacial score (nSPS) is 20.8. The molecule has 0 unspecified atom stereocenters. The van der Waals surface area contributed by atoms with Crippen molar-refractivity contribution in [2.24, 2.45) is 13.0 Å². The molecule has 2 fully saturated rings. The van der Waals surface area contributed by atoms with Crippen molar-refractivity contribution in [2.75, 3.05) is 26.2 Å². The van der Waals surface area contributed by atoms with Gasteiger partial charge in [-0.2, -0.15) is 0 Å². The van der Waals surface area contributed by atoms with Gasteiger partial charge in [-0.25, -0.2) is 4.98 Å². The lowest BCUT2D eigenvalue weighted by Gasteiger charge is -2.37. The Morgan fingerprint density at radius 2 is 1.65 bits per heavy atom. The Hall–Kier alpha value is -1.85. The Morgan fingerprint density at radius 3 is 2.17 bits per heavy atom. The summed E-state index contributed by atoms with van der Waals surface area (Å²) in [6.45, 7) is 4.68. The molecule has 1 aromatic rings. The van der Waals surface area contributed by atoms with E-state index in [0.717, 1.165) is 57.7 Å². The van der Waals surface area contributed by atoms with Crippen molar-refractivity contribution in [3.8, 4) is 0 Å². The first-order valence-corrected chi connectivity index (χ1v) is 8.57. The third-order valence-corrected chi connectivity index (χ3v) is 5.32. The van der Waals surface area contributed by atoms with E-state index in [1.54, 1.807) is 6.92 Å². The lowest BCUT2D eigenvalue weighted by Crippen LogP contribution is -2.46. The number of aryl methyl sites for hydroxylation is 1. The van der Waals surface area contributed by atoms with Crippen LogP contribution in [0.15, 0.2) is 12.4 Å². The Kier molecular flexibility index (Phi) is 4.68. The largest absolute Gasteiger partial charge is 0.343 e. The van der Waals surface area contributed by atoms with Crippen LogP contribution in [0.1, 0.15) is 44.3 Å². The zero-order valence-corrected chi connectivity index (χ0v) is 14.1. The van der Waals surface area contributed by atoms with Crippen LogP contribution in [0.3, 0.4) is 0 Å². The molecule has 6 nitrogen and oxygen atoms in total. The number of imidazole rings is 1. The van der Waals surface area contributed by atoms with E-state index >= 15 is 0 Å². The number of nitrogens with zero attached hydrogens (tertiary/aromatic N) is 4. The number of hydrogen-bond donors (Lipinski definition) is 0. The monoisotopic (exact) mass is 318 g/mol. The van der Waals surface area contributed by atoms with Crippen LogP contribution in [0.5, 0.6) is 0 Å². The summed E-state index contributed by atoms with van der Waals surface area (Å²) in [5.74, 6) is 2.08. The van der Waals surface area contributed by atoms with Gasteiger partial charge in [-0.3, -0.25) is 9.59 Å². The smallest absolute Gasteiger partial charge is 0.225 e. The predicted octanol–water partition coefficient (Wildman–Crippen LogP) is 1.38. The Bertz CT molecular complexity index is 567. The first-order valence-electron chi connectivity index (χ1n) is 8.57. The van der Waals surface area contributed by atoms with E-state index in [2.05, 4.69) is 9.55 Å². The molecule has 2 saturated heterocycles. The zero-order chi connectivity index (χ0) is 16.4. The SMILES string of the molecule is CC(=O)N1CCC(C(=O)N2CCC(c3nccn3C)CC2)CC1. The van der Waals surface area contributed by atoms with Crippen molar-refractivity contribution < 1.29 is 9.59 Å². The van der Waals surface area contributed by atoms with Crippen molar-refractivity contribution >= 4 is 11.8 Å². The number of hydrogen-bond acceptors (Lipinski definition) is 3. The molecule has 0 atom stereocenters. The van der Waals surface area contributed by atoms with Gasteiger partial charge in [-0.05, 0) is 25.7 Å². The molecule has 0 aromatic carbocycles. The third-order valence-electron chi connectivity index (χ3n) is 5.32. The molecule has 2 amide bonds. The Morgan fingerprint density at radius 1 is 1.04 bits per heavy atom. The minimum atomic E-state index is 0.0929. The molecule has 0 aliphatic carbocycles. The summed E-state index contributed by atoms with van der Waals surface area (Å²) in [5, 5.41) is 0. The van der Waals surface area contributed by atoms with E-state index in [1.165, 1.54) is 0 Å². The Balaban J connectivity index is 1.51. The van der Waals surface area contributed by atoms with E-state index in [0.29, 0.717) is 5.92 Å². The molecular weight excluding hydrogens is 292 g/mol. The second-order valence-electron chi connectivity index (χ2n) is 6.78. The molecule has 3 heterocycles. The van der Waals surface area contributed by atoms with Crippen molar-refractivity contribution in [1.82, 2.24) is 19.4 Å². The number of carbonyl (C=O) groups excluding carboxylic acids is 2. The summed E-state index contributed by atoms with van der Waals surface area (Å²) in [7, 11) is 2.03. The van der Waals surface area contributed by atoms with Gasteiger partial charge in [-0.15, -0.1) is 0 Å². The van der Waals surface area contributed by atoms with Gasteiger partial charge in [0.1, 0.15) is 5.82 Å². The Labute approximate surface area is 137 Å². The van der Waals surface area contributed by atoms with Crippen LogP contribution in [-0.2, 0) is 16.6 Å². The van der Waals surface area contributed by atoms with Crippen LogP contribution in [0.4, 0.5) is 0 Å². The summed E-state index contributed by atoms with van der Waals surface area (Å²) >= 11 is 0. The van der Waals surface area contributed by atoms with Gasteiger partial charge in [-0.1, -0.05) is 0 Å². The fourth-order valence-electron chi connectivity index (χ4n) is 3.83. The molecular formula is C17H26N4O2. The first-order chi connectivity index (χ1) is 11.1. The second kappa shape index (κ2) is 6.72. The summed E-state index contributed by atoms with van der Waals surface area (Å²) in [5.41, 5.74) is 0. The van der Waals surface area contributed by atoms with Gasteiger partial charge in [0.05, 0.1) is 0 Å². The summed E-state index contributed by atoms with van der Waals surface area (Å²) in [4.78, 5) is 32.4. The molecule has 0 spiro atoms. The standard InChI is InChI=1S/C17H26N4O2/c1-13(22)20-8-5-15(6-9-20)17(23)21-10-3-14(4-11-21)16-18-7-12-19(16)2/h7,12,14-15H,3-6,8-11H2,1-2H3. The van der Waals surface area contributed by atoms with Gasteiger partial charge in [0, 0.05) is 64.4 Å². The summed E-state index contributed by atoms with van der Waals surface area (Å²) < 4.78 is 2.08. The van der Waals surface area contributed by atoms with E-state index in [9.17, 15) is 9.59 Å². The van der Waals surface area contributed by atoms with E-state index in [4.69, 9.17) is 0 Å². The molecule has 0 radical (unpaired) electrons. The molecule has 2 aliphatic rings. The molecule has 3 rings (SSSR count). The van der Waals surface area contributed by atoms with Crippen molar-refractivity contribution in [3.05, 3.63) is 18.2 Å².